The average molecular weight is 288 g/mol. The lowest BCUT2D eigenvalue weighted by Gasteiger charge is -2.11. The van der Waals surface area contributed by atoms with Gasteiger partial charge in [0.15, 0.2) is 0 Å². The van der Waals surface area contributed by atoms with E-state index in [1.165, 1.54) is 19.2 Å². The Kier molecular flexibility index (Phi) is 4.98. The van der Waals surface area contributed by atoms with Gasteiger partial charge in [0, 0.05) is 25.3 Å². The summed E-state index contributed by atoms with van der Waals surface area (Å²) in [5.74, 6) is 0. The summed E-state index contributed by atoms with van der Waals surface area (Å²) in [5.41, 5.74) is 0.192. The number of rotatable bonds is 6. The summed E-state index contributed by atoms with van der Waals surface area (Å²) in [6.07, 6.45) is -0.282. The first-order valence-electron chi connectivity index (χ1n) is 5.55. The molecule has 0 aromatic heterocycles. The molecule has 8 heteroatoms. The van der Waals surface area contributed by atoms with Gasteiger partial charge in [-0.3, -0.25) is 10.1 Å². The van der Waals surface area contributed by atoms with Crippen LogP contribution < -0.4 is 4.72 Å². The molecule has 19 heavy (non-hydrogen) atoms. The lowest BCUT2D eigenvalue weighted by molar-refractivity contribution is -0.385. The summed E-state index contributed by atoms with van der Waals surface area (Å²) in [4.78, 5) is 10.0. The second kappa shape index (κ2) is 6.09. The molecule has 1 rings (SSSR count). The molecule has 0 spiro atoms. The lowest BCUT2D eigenvalue weighted by Crippen LogP contribution is -2.31. The minimum absolute atomic E-state index is 0.0977. The molecule has 0 fully saturated rings. The minimum Gasteiger partial charge on any atom is -0.380 e. The molecule has 0 amide bonds. The number of methoxy groups -OCH3 is 1. The zero-order chi connectivity index (χ0) is 14.6. The van der Waals surface area contributed by atoms with Gasteiger partial charge in [0.05, 0.1) is 15.9 Å². The molecule has 0 aliphatic rings. The first-order valence-corrected chi connectivity index (χ1v) is 7.03. The quantitative estimate of drug-likeness (QED) is 0.626. The summed E-state index contributed by atoms with van der Waals surface area (Å²) >= 11 is 0. The highest BCUT2D eigenvalue weighted by molar-refractivity contribution is 7.89. The molecule has 1 atom stereocenters. The Morgan fingerprint density at radius 1 is 1.47 bits per heavy atom. The smallest absolute Gasteiger partial charge is 0.273 e. The molecular weight excluding hydrogens is 272 g/mol. The number of nitro groups is 1. The number of hydrogen-bond donors (Lipinski definition) is 1. The van der Waals surface area contributed by atoms with Crippen molar-refractivity contribution in [3.63, 3.8) is 0 Å². The van der Waals surface area contributed by atoms with Crippen LogP contribution in [0.1, 0.15) is 12.5 Å². The second-order valence-electron chi connectivity index (χ2n) is 4.10. The number of benzene rings is 1. The Hall–Kier alpha value is -1.51. The second-order valence-corrected chi connectivity index (χ2v) is 5.87. The van der Waals surface area contributed by atoms with Gasteiger partial charge >= 0.3 is 0 Å². The summed E-state index contributed by atoms with van der Waals surface area (Å²) in [6.45, 7) is 3.36. The van der Waals surface area contributed by atoms with Crippen LogP contribution >= 0.6 is 0 Å². The molecule has 1 aromatic carbocycles. The van der Waals surface area contributed by atoms with Crippen molar-refractivity contribution in [3.8, 4) is 0 Å². The number of hydrogen-bond acceptors (Lipinski definition) is 5. The normalized spacial score (nSPS) is 13.2. The fraction of sp³-hybridized carbons (Fsp3) is 0.455. The van der Waals surface area contributed by atoms with E-state index in [0.717, 1.165) is 6.07 Å². The summed E-state index contributed by atoms with van der Waals surface area (Å²) < 4.78 is 31.2. The van der Waals surface area contributed by atoms with E-state index in [0.29, 0.717) is 5.56 Å². The Balaban J connectivity index is 3.02. The van der Waals surface area contributed by atoms with Crippen molar-refractivity contribution >= 4 is 15.7 Å². The fourth-order valence-electron chi connectivity index (χ4n) is 1.35. The average Bonchev–Trinajstić information content (AvgIpc) is 2.35. The van der Waals surface area contributed by atoms with Crippen LogP contribution in [0.25, 0.3) is 0 Å². The third kappa shape index (κ3) is 3.98. The highest BCUT2D eigenvalue weighted by Gasteiger charge is 2.20. The Bertz CT molecular complexity index is 570. The van der Waals surface area contributed by atoms with Crippen LogP contribution in [0.4, 0.5) is 5.69 Å². The molecule has 0 saturated carbocycles. The molecule has 0 radical (unpaired) electrons. The van der Waals surface area contributed by atoms with Crippen LogP contribution in [-0.2, 0) is 14.8 Å². The van der Waals surface area contributed by atoms with Crippen molar-refractivity contribution in [2.75, 3.05) is 13.7 Å². The van der Waals surface area contributed by atoms with Crippen LogP contribution in [0.3, 0.4) is 0 Å². The SMILES string of the molecule is COC(C)CNS(=O)(=O)c1ccc(C)c([N+](=O)[O-])c1. The Morgan fingerprint density at radius 2 is 2.11 bits per heavy atom. The van der Waals surface area contributed by atoms with E-state index in [-0.39, 0.29) is 23.2 Å². The summed E-state index contributed by atoms with van der Waals surface area (Å²) in [5, 5.41) is 10.8. The maximum atomic E-state index is 11.9. The van der Waals surface area contributed by atoms with Gasteiger partial charge in [-0.1, -0.05) is 6.07 Å². The molecule has 0 aliphatic carbocycles. The molecule has 0 bridgehead atoms. The van der Waals surface area contributed by atoms with Gasteiger partial charge in [0.1, 0.15) is 0 Å². The van der Waals surface area contributed by atoms with Crippen LogP contribution in [0.5, 0.6) is 0 Å². The number of nitrogens with zero attached hydrogens (tertiary/aromatic N) is 1. The predicted molar refractivity (Wildman–Crippen MR) is 69.5 cm³/mol. The van der Waals surface area contributed by atoms with Crippen molar-refractivity contribution in [2.45, 2.75) is 24.8 Å². The minimum atomic E-state index is -3.77. The molecule has 1 aromatic rings. The lowest BCUT2D eigenvalue weighted by atomic mass is 10.2. The van der Waals surface area contributed by atoms with Crippen molar-refractivity contribution < 1.29 is 18.1 Å². The van der Waals surface area contributed by atoms with Gasteiger partial charge in [-0.2, -0.15) is 0 Å². The van der Waals surface area contributed by atoms with Crippen LogP contribution in [-0.4, -0.2) is 33.1 Å². The molecule has 0 saturated heterocycles. The van der Waals surface area contributed by atoms with Crippen LogP contribution in [0.2, 0.25) is 0 Å². The fourth-order valence-corrected chi connectivity index (χ4v) is 2.48. The molecule has 7 nitrogen and oxygen atoms in total. The molecule has 1 unspecified atom stereocenters. The number of aryl methyl sites for hydroxylation is 1. The summed E-state index contributed by atoms with van der Waals surface area (Å²) in [7, 11) is -2.30. The number of sulfonamides is 1. The third-order valence-electron chi connectivity index (χ3n) is 2.65. The molecule has 0 aliphatic heterocycles. The van der Waals surface area contributed by atoms with E-state index in [1.807, 2.05) is 0 Å². The van der Waals surface area contributed by atoms with Gasteiger partial charge in [0.2, 0.25) is 10.0 Å². The molecule has 0 heterocycles. The van der Waals surface area contributed by atoms with Crippen molar-refractivity contribution in [2.24, 2.45) is 0 Å². The van der Waals surface area contributed by atoms with Gasteiger partial charge in [0.25, 0.3) is 5.69 Å². The van der Waals surface area contributed by atoms with E-state index >= 15 is 0 Å². The van der Waals surface area contributed by atoms with Crippen molar-refractivity contribution in [1.29, 1.82) is 0 Å². The topological polar surface area (TPSA) is 98.5 Å². The molecule has 106 valence electrons. The van der Waals surface area contributed by atoms with Crippen LogP contribution in [0.15, 0.2) is 23.1 Å². The number of nitrogens with one attached hydrogen (secondary N) is 1. The van der Waals surface area contributed by atoms with E-state index in [9.17, 15) is 18.5 Å². The largest absolute Gasteiger partial charge is 0.380 e. The van der Waals surface area contributed by atoms with E-state index < -0.39 is 14.9 Å². The molecule has 1 N–H and O–H groups in total. The Labute approximate surface area is 111 Å². The van der Waals surface area contributed by atoms with E-state index in [2.05, 4.69) is 4.72 Å². The Morgan fingerprint density at radius 3 is 2.63 bits per heavy atom. The summed E-state index contributed by atoms with van der Waals surface area (Å²) in [6, 6.07) is 3.80. The first kappa shape index (κ1) is 15.5. The van der Waals surface area contributed by atoms with Gasteiger partial charge < -0.3 is 4.74 Å². The van der Waals surface area contributed by atoms with E-state index in [4.69, 9.17) is 4.74 Å². The van der Waals surface area contributed by atoms with E-state index in [1.54, 1.807) is 13.8 Å². The van der Waals surface area contributed by atoms with Crippen molar-refractivity contribution in [3.05, 3.63) is 33.9 Å². The molecular formula is C11H16N2O5S. The highest BCUT2D eigenvalue weighted by atomic mass is 32.2. The van der Waals surface area contributed by atoms with Gasteiger partial charge in [-0.25, -0.2) is 13.1 Å². The predicted octanol–water partition coefficient (Wildman–Crippen LogP) is 1.22. The number of nitro benzene ring substituents is 1. The highest BCUT2D eigenvalue weighted by Crippen LogP contribution is 2.21. The maximum absolute atomic E-state index is 11.9. The van der Waals surface area contributed by atoms with Crippen LogP contribution in [0, 0.1) is 17.0 Å². The monoisotopic (exact) mass is 288 g/mol. The first-order chi connectivity index (χ1) is 8.77. The zero-order valence-corrected chi connectivity index (χ0v) is 11.7. The zero-order valence-electron chi connectivity index (χ0n) is 10.9. The van der Waals surface area contributed by atoms with Gasteiger partial charge in [-0.15, -0.1) is 0 Å². The number of ether oxygens (including phenoxy) is 1. The third-order valence-corrected chi connectivity index (χ3v) is 4.07. The van der Waals surface area contributed by atoms with Crippen molar-refractivity contribution in [1.82, 2.24) is 4.72 Å². The standard InChI is InChI=1S/C11H16N2O5S/c1-8-4-5-10(6-11(8)13(14)15)19(16,17)12-7-9(2)18-3/h4-6,9,12H,7H2,1-3H3. The maximum Gasteiger partial charge on any atom is 0.273 e. The van der Waals surface area contributed by atoms with Gasteiger partial charge in [-0.05, 0) is 19.9 Å².